The van der Waals surface area contributed by atoms with Crippen molar-refractivity contribution in [2.75, 3.05) is 0 Å². The van der Waals surface area contributed by atoms with Crippen LogP contribution in [0.4, 0.5) is 0 Å². The molecule has 23 heavy (non-hydrogen) atoms. The molecule has 0 unspecified atom stereocenters. The molecule has 0 radical (unpaired) electrons. The van der Waals surface area contributed by atoms with Crippen molar-refractivity contribution in [1.29, 1.82) is 0 Å². The van der Waals surface area contributed by atoms with Crippen molar-refractivity contribution in [2.24, 2.45) is 0 Å². The van der Waals surface area contributed by atoms with Gasteiger partial charge >= 0.3 is 0 Å². The lowest BCUT2D eigenvalue weighted by Crippen LogP contribution is -2.38. The van der Waals surface area contributed by atoms with Gasteiger partial charge in [0.25, 0.3) is 0 Å². The summed E-state index contributed by atoms with van der Waals surface area (Å²) in [6, 6.07) is 17.4. The number of hydrogen-bond donors (Lipinski definition) is 3. The predicted octanol–water partition coefficient (Wildman–Crippen LogP) is 3.85. The number of rotatable bonds is 7. The molecule has 2 aromatic rings. The van der Waals surface area contributed by atoms with Crippen LogP contribution in [0.1, 0.15) is 37.5 Å². The maximum atomic E-state index is 10.4. The Hall–Kier alpha value is -1.55. The van der Waals surface area contributed by atoms with Crippen LogP contribution in [0, 0.1) is 0 Å². The van der Waals surface area contributed by atoms with E-state index in [2.05, 4.69) is 36.5 Å². The molecule has 3 nitrogen and oxygen atoms in total. The third-order valence-electron chi connectivity index (χ3n) is 3.96. The van der Waals surface area contributed by atoms with Crippen LogP contribution in [-0.4, -0.2) is 22.3 Å². The number of phenolic OH excluding ortho intramolecular Hbond substituents is 1. The predicted molar refractivity (Wildman–Crippen MR) is 97.1 cm³/mol. The standard InChI is InChI=1S/C19H25NO2.ClH/c1-14(8-9-16-6-4-3-5-7-16)20-15(2)19(22)17-10-12-18(21)13-11-17;/h3-7,10-15,19-22H,8-9H2,1-2H3;1H/t14-,15-,19-;/m1./s1. The van der Waals surface area contributed by atoms with E-state index in [4.69, 9.17) is 0 Å². The molecule has 2 aromatic carbocycles. The zero-order valence-corrected chi connectivity index (χ0v) is 14.5. The second kappa shape index (κ2) is 9.56. The van der Waals surface area contributed by atoms with Gasteiger partial charge in [0.05, 0.1) is 6.10 Å². The zero-order chi connectivity index (χ0) is 15.9. The van der Waals surface area contributed by atoms with Crippen LogP contribution in [-0.2, 0) is 6.42 Å². The van der Waals surface area contributed by atoms with Crippen LogP contribution in [0.25, 0.3) is 0 Å². The molecule has 0 aliphatic heterocycles. The van der Waals surface area contributed by atoms with Crippen molar-refractivity contribution >= 4 is 12.4 Å². The molecule has 2 rings (SSSR count). The van der Waals surface area contributed by atoms with Crippen molar-refractivity contribution < 1.29 is 10.2 Å². The topological polar surface area (TPSA) is 52.5 Å². The van der Waals surface area contributed by atoms with E-state index in [0.29, 0.717) is 6.04 Å². The van der Waals surface area contributed by atoms with Crippen LogP contribution in [0.2, 0.25) is 0 Å². The summed E-state index contributed by atoms with van der Waals surface area (Å²) in [7, 11) is 0. The Morgan fingerprint density at radius 1 is 0.957 bits per heavy atom. The lowest BCUT2D eigenvalue weighted by atomic mass is 10.0. The maximum absolute atomic E-state index is 10.4. The molecule has 3 N–H and O–H groups in total. The monoisotopic (exact) mass is 335 g/mol. The number of aryl methyl sites for hydroxylation is 1. The largest absolute Gasteiger partial charge is 0.508 e. The van der Waals surface area contributed by atoms with Crippen LogP contribution < -0.4 is 5.32 Å². The van der Waals surface area contributed by atoms with Gasteiger partial charge < -0.3 is 15.5 Å². The molecule has 0 saturated heterocycles. The minimum absolute atomic E-state index is 0. The van der Waals surface area contributed by atoms with Crippen molar-refractivity contribution in [3.8, 4) is 5.75 Å². The van der Waals surface area contributed by atoms with E-state index in [0.717, 1.165) is 18.4 Å². The average Bonchev–Trinajstić information content (AvgIpc) is 2.54. The first-order chi connectivity index (χ1) is 10.6. The highest BCUT2D eigenvalue weighted by Gasteiger charge is 2.18. The number of benzene rings is 2. The smallest absolute Gasteiger partial charge is 0.115 e. The molecule has 0 fully saturated rings. The number of hydrogen-bond acceptors (Lipinski definition) is 3. The van der Waals surface area contributed by atoms with E-state index in [1.54, 1.807) is 24.3 Å². The Labute approximate surface area is 144 Å². The summed E-state index contributed by atoms with van der Waals surface area (Å²) in [5.41, 5.74) is 2.15. The van der Waals surface area contributed by atoms with Gasteiger partial charge in [0, 0.05) is 12.1 Å². The van der Waals surface area contributed by atoms with Gasteiger partial charge in [-0.25, -0.2) is 0 Å². The van der Waals surface area contributed by atoms with Gasteiger partial charge in [0.15, 0.2) is 0 Å². The molecule has 0 aliphatic carbocycles. The molecule has 0 amide bonds. The quantitative estimate of drug-likeness (QED) is 0.720. The molecular formula is C19H26ClNO2. The molecule has 0 bridgehead atoms. The van der Waals surface area contributed by atoms with E-state index >= 15 is 0 Å². The summed E-state index contributed by atoms with van der Waals surface area (Å²) in [5, 5.41) is 23.1. The van der Waals surface area contributed by atoms with E-state index in [1.165, 1.54) is 5.56 Å². The summed E-state index contributed by atoms with van der Waals surface area (Å²) in [4.78, 5) is 0. The number of halogens is 1. The number of phenols is 1. The van der Waals surface area contributed by atoms with Crippen LogP contribution in [0.3, 0.4) is 0 Å². The molecular weight excluding hydrogens is 310 g/mol. The molecule has 0 aliphatic rings. The molecule has 0 spiro atoms. The van der Waals surface area contributed by atoms with Gasteiger partial charge in [-0.3, -0.25) is 0 Å². The number of aromatic hydroxyl groups is 1. The number of nitrogens with one attached hydrogen (secondary N) is 1. The molecule has 4 heteroatoms. The van der Waals surface area contributed by atoms with Crippen LogP contribution >= 0.6 is 12.4 Å². The van der Waals surface area contributed by atoms with E-state index in [1.807, 2.05) is 13.0 Å². The van der Waals surface area contributed by atoms with Crippen molar-refractivity contribution in [3.05, 3.63) is 65.7 Å². The molecule has 0 aromatic heterocycles. The van der Waals surface area contributed by atoms with Gasteiger partial charge in [0.1, 0.15) is 5.75 Å². The van der Waals surface area contributed by atoms with Gasteiger partial charge in [-0.2, -0.15) is 0 Å². The fraction of sp³-hybridized carbons (Fsp3) is 0.368. The zero-order valence-electron chi connectivity index (χ0n) is 13.6. The summed E-state index contributed by atoms with van der Waals surface area (Å²) in [5.74, 6) is 0.216. The first kappa shape index (κ1) is 19.5. The summed E-state index contributed by atoms with van der Waals surface area (Å²) < 4.78 is 0. The number of aliphatic hydroxyl groups is 1. The highest BCUT2D eigenvalue weighted by molar-refractivity contribution is 5.85. The van der Waals surface area contributed by atoms with Gasteiger partial charge in [-0.05, 0) is 49.9 Å². The van der Waals surface area contributed by atoms with Gasteiger partial charge in [-0.1, -0.05) is 42.5 Å². The highest BCUT2D eigenvalue weighted by atomic mass is 35.5. The Morgan fingerprint density at radius 3 is 2.17 bits per heavy atom. The summed E-state index contributed by atoms with van der Waals surface area (Å²) in [6.07, 6.45) is 1.47. The fourth-order valence-electron chi connectivity index (χ4n) is 2.61. The molecule has 0 heterocycles. The van der Waals surface area contributed by atoms with Gasteiger partial charge in [-0.15, -0.1) is 12.4 Å². The second-order valence-electron chi connectivity index (χ2n) is 5.92. The highest BCUT2D eigenvalue weighted by Crippen LogP contribution is 2.20. The summed E-state index contributed by atoms with van der Waals surface area (Å²) in [6.45, 7) is 4.12. The molecule has 3 atom stereocenters. The Bertz CT molecular complexity index is 559. The van der Waals surface area contributed by atoms with Crippen molar-refractivity contribution in [2.45, 2.75) is 44.9 Å². The first-order valence-corrected chi connectivity index (χ1v) is 7.83. The van der Waals surface area contributed by atoms with Crippen LogP contribution in [0.15, 0.2) is 54.6 Å². The third kappa shape index (κ3) is 6.22. The van der Waals surface area contributed by atoms with Crippen molar-refractivity contribution in [1.82, 2.24) is 5.32 Å². The lowest BCUT2D eigenvalue weighted by molar-refractivity contribution is 0.129. The third-order valence-corrected chi connectivity index (χ3v) is 3.96. The van der Waals surface area contributed by atoms with Crippen molar-refractivity contribution in [3.63, 3.8) is 0 Å². The minimum atomic E-state index is -0.584. The second-order valence-corrected chi connectivity index (χ2v) is 5.92. The summed E-state index contributed by atoms with van der Waals surface area (Å²) >= 11 is 0. The Kier molecular flexibility index (Phi) is 8.10. The lowest BCUT2D eigenvalue weighted by Gasteiger charge is -2.25. The normalized spacial score (nSPS) is 14.6. The minimum Gasteiger partial charge on any atom is -0.508 e. The average molecular weight is 336 g/mol. The van der Waals surface area contributed by atoms with Crippen LogP contribution in [0.5, 0.6) is 5.75 Å². The molecule has 0 saturated carbocycles. The van der Waals surface area contributed by atoms with E-state index < -0.39 is 6.10 Å². The Morgan fingerprint density at radius 2 is 1.57 bits per heavy atom. The SMILES string of the molecule is C[C@H](CCc1ccccc1)N[C@H](C)[C@@H](O)c1ccc(O)cc1.Cl. The van der Waals surface area contributed by atoms with E-state index in [-0.39, 0.29) is 24.2 Å². The maximum Gasteiger partial charge on any atom is 0.115 e. The van der Waals surface area contributed by atoms with E-state index in [9.17, 15) is 10.2 Å². The molecule has 126 valence electrons. The van der Waals surface area contributed by atoms with Gasteiger partial charge in [0.2, 0.25) is 0 Å². The fourth-order valence-corrected chi connectivity index (χ4v) is 2.61. The number of aliphatic hydroxyl groups excluding tert-OH is 1. The Balaban J connectivity index is 0.00000264. The first-order valence-electron chi connectivity index (χ1n) is 7.83.